The first kappa shape index (κ1) is 89.1. The zero-order valence-electron chi connectivity index (χ0n) is 58.8. The zero-order valence-corrected chi connectivity index (χ0v) is 60.6. The summed E-state index contributed by atoms with van der Waals surface area (Å²) in [5.41, 5.74) is 0. The Bertz CT molecular complexity index is 1740. The van der Waals surface area contributed by atoms with Crippen LogP contribution in [0.2, 0.25) is 0 Å². The van der Waals surface area contributed by atoms with Gasteiger partial charge in [-0.2, -0.15) is 0 Å². The number of carbonyl (C=O) groups is 4. The van der Waals surface area contributed by atoms with Crippen LogP contribution in [0.15, 0.2) is 0 Å². The highest BCUT2D eigenvalue weighted by Gasteiger charge is 2.30. The van der Waals surface area contributed by atoms with Crippen LogP contribution in [-0.2, 0) is 65.4 Å². The molecule has 0 saturated heterocycles. The van der Waals surface area contributed by atoms with Gasteiger partial charge in [-0.3, -0.25) is 37.3 Å². The first-order valence-corrected chi connectivity index (χ1v) is 40.8. The Labute approximate surface area is 556 Å². The number of hydrogen-bond acceptors (Lipinski definition) is 15. The second-order valence-corrected chi connectivity index (χ2v) is 28.9. The third kappa shape index (κ3) is 66.5. The molecule has 0 fully saturated rings. The fourth-order valence-corrected chi connectivity index (χ4v) is 12.6. The third-order valence-electron chi connectivity index (χ3n) is 16.9. The molecule has 0 aromatic carbocycles. The highest BCUT2D eigenvalue weighted by Crippen LogP contribution is 2.45. The lowest BCUT2D eigenvalue weighted by Crippen LogP contribution is -2.30. The summed E-state index contributed by atoms with van der Waals surface area (Å²) in [6, 6.07) is 0. The van der Waals surface area contributed by atoms with Crippen molar-refractivity contribution in [3.8, 4) is 0 Å². The van der Waals surface area contributed by atoms with Crippen LogP contribution in [0.5, 0.6) is 0 Å². The number of rotatable bonds is 73. The molecule has 0 heterocycles. The van der Waals surface area contributed by atoms with Crippen molar-refractivity contribution in [1.29, 1.82) is 0 Å². The predicted molar refractivity (Wildman–Crippen MR) is 368 cm³/mol. The van der Waals surface area contributed by atoms with Crippen molar-refractivity contribution in [1.82, 2.24) is 0 Å². The average Bonchev–Trinajstić information content (AvgIpc) is 3.53. The molecule has 0 aromatic heterocycles. The van der Waals surface area contributed by atoms with Crippen LogP contribution in [0.4, 0.5) is 0 Å². The molecule has 540 valence electrons. The minimum Gasteiger partial charge on any atom is -0.462 e. The topological polar surface area (TPSA) is 237 Å². The quantitative estimate of drug-likeness (QED) is 0.0222. The molecule has 3 N–H and O–H groups in total. The fraction of sp³-hybridized carbons (Fsp3) is 0.944. The summed E-state index contributed by atoms with van der Waals surface area (Å²) in [7, 11) is -9.89. The summed E-state index contributed by atoms with van der Waals surface area (Å²) < 4.78 is 68.0. The smallest absolute Gasteiger partial charge is 0.462 e. The minimum atomic E-state index is -4.95. The van der Waals surface area contributed by atoms with Crippen molar-refractivity contribution in [2.45, 2.75) is 399 Å². The summed E-state index contributed by atoms with van der Waals surface area (Å²) in [5.74, 6) is -2.13. The van der Waals surface area contributed by atoms with E-state index in [2.05, 4.69) is 27.7 Å². The second kappa shape index (κ2) is 66.7. The van der Waals surface area contributed by atoms with E-state index in [0.29, 0.717) is 25.7 Å². The molecule has 0 spiro atoms. The van der Waals surface area contributed by atoms with E-state index in [0.717, 1.165) is 103 Å². The van der Waals surface area contributed by atoms with Crippen LogP contribution in [-0.4, -0.2) is 96.7 Å². The molecule has 0 saturated carbocycles. The molecule has 0 aromatic rings. The summed E-state index contributed by atoms with van der Waals surface area (Å²) >= 11 is 0. The molecule has 19 heteroatoms. The molecule has 0 aliphatic carbocycles. The van der Waals surface area contributed by atoms with E-state index in [9.17, 15) is 43.2 Å². The Morgan fingerprint density at radius 3 is 0.648 bits per heavy atom. The number of ether oxygens (including phenoxy) is 4. The van der Waals surface area contributed by atoms with Crippen LogP contribution < -0.4 is 0 Å². The van der Waals surface area contributed by atoms with Crippen LogP contribution in [0.25, 0.3) is 0 Å². The zero-order chi connectivity index (χ0) is 66.8. The summed E-state index contributed by atoms with van der Waals surface area (Å²) in [5, 5.41) is 10.5. The highest BCUT2D eigenvalue weighted by molar-refractivity contribution is 7.47. The highest BCUT2D eigenvalue weighted by atomic mass is 31.2. The Morgan fingerprint density at radius 1 is 0.264 bits per heavy atom. The van der Waals surface area contributed by atoms with Gasteiger partial charge in [0, 0.05) is 25.7 Å². The lowest BCUT2D eigenvalue weighted by molar-refractivity contribution is -0.161. The molecule has 2 unspecified atom stereocenters. The standard InChI is InChI=1S/C72H140O17P2/c1-5-9-13-17-20-23-25-27-29-31-32-33-34-36-38-40-42-44-47-51-55-59-72(77)89-68(63-83-70(75)57-53-49-46-43-41-39-37-35-30-28-26-24-21-18-14-10-6-2)65-87-91(80,81)85-61-66(73)60-84-90(78,79)86-64-67(62-82-69(74)56-52-48-16-12-8-4)88-71(76)58-54-50-45-22-19-15-11-7-3/h66-68,73H,5-65H2,1-4H3,(H,78,79)(H,80,81)/t66-,67+,68+/m0/s1. The number of aliphatic hydroxyl groups is 1. The maximum Gasteiger partial charge on any atom is 0.472 e. The molecule has 91 heavy (non-hydrogen) atoms. The first-order valence-electron chi connectivity index (χ1n) is 37.8. The summed E-state index contributed by atoms with van der Waals surface area (Å²) in [6.45, 7) is 4.83. The largest absolute Gasteiger partial charge is 0.472 e. The normalized spacial score (nSPS) is 14.0. The Hall–Kier alpha value is -1.94. The predicted octanol–water partition coefficient (Wildman–Crippen LogP) is 21.1. The SMILES string of the molecule is CCCCCCCCCCCCCCCCCCCCCCCC(=O)O[C@H](COC(=O)CCCCCCCCCCCCCCCCCCC)COP(=O)(O)OC[C@@H](O)COP(=O)(O)OC[C@@H](COC(=O)CCCCCCC)OC(=O)CCCCCCCCCC. The van der Waals surface area contributed by atoms with Gasteiger partial charge in [0.1, 0.15) is 19.3 Å². The minimum absolute atomic E-state index is 0.105. The van der Waals surface area contributed by atoms with Gasteiger partial charge in [-0.25, -0.2) is 9.13 Å². The molecule has 5 atom stereocenters. The van der Waals surface area contributed by atoms with E-state index in [4.69, 9.17) is 37.0 Å². The van der Waals surface area contributed by atoms with Gasteiger partial charge in [-0.05, 0) is 25.7 Å². The van der Waals surface area contributed by atoms with E-state index in [1.807, 2.05) is 0 Å². The van der Waals surface area contributed by atoms with Gasteiger partial charge in [0.05, 0.1) is 26.4 Å². The molecule has 0 rings (SSSR count). The van der Waals surface area contributed by atoms with E-state index >= 15 is 0 Å². The molecular formula is C72H140O17P2. The van der Waals surface area contributed by atoms with E-state index < -0.39 is 97.5 Å². The van der Waals surface area contributed by atoms with Crippen LogP contribution in [0.3, 0.4) is 0 Å². The van der Waals surface area contributed by atoms with Crippen LogP contribution in [0.1, 0.15) is 381 Å². The Morgan fingerprint density at radius 2 is 0.440 bits per heavy atom. The monoisotopic (exact) mass is 1340 g/mol. The molecule has 17 nitrogen and oxygen atoms in total. The second-order valence-electron chi connectivity index (χ2n) is 26.0. The van der Waals surface area contributed by atoms with Crippen molar-refractivity contribution < 1.29 is 80.2 Å². The molecule has 0 radical (unpaired) electrons. The van der Waals surface area contributed by atoms with E-state index in [1.165, 1.54) is 199 Å². The maximum absolute atomic E-state index is 13.1. The van der Waals surface area contributed by atoms with Gasteiger partial charge in [0.15, 0.2) is 12.2 Å². The molecular weight excluding hydrogens is 1200 g/mol. The molecule has 0 bridgehead atoms. The maximum atomic E-state index is 13.1. The summed E-state index contributed by atoms with van der Waals surface area (Å²) in [4.78, 5) is 72.2. The lowest BCUT2D eigenvalue weighted by atomic mass is 10.0. The number of phosphoric ester groups is 2. The number of phosphoric acid groups is 2. The van der Waals surface area contributed by atoms with Crippen molar-refractivity contribution in [2.75, 3.05) is 39.6 Å². The summed E-state index contributed by atoms with van der Waals surface area (Å²) in [6.07, 6.45) is 56.2. The lowest BCUT2D eigenvalue weighted by Gasteiger charge is -2.21. The van der Waals surface area contributed by atoms with E-state index in [1.54, 1.807) is 0 Å². The van der Waals surface area contributed by atoms with Gasteiger partial charge in [-0.15, -0.1) is 0 Å². The van der Waals surface area contributed by atoms with Gasteiger partial charge < -0.3 is 33.8 Å². The number of unbranched alkanes of at least 4 members (excludes halogenated alkanes) is 47. The van der Waals surface area contributed by atoms with E-state index in [-0.39, 0.29) is 25.7 Å². The fourth-order valence-electron chi connectivity index (χ4n) is 11.0. The Balaban J connectivity index is 5.08. The molecule has 0 aliphatic heterocycles. The van der Waals surface area contributed by atoms with Gasteiger partial charge >= 0.3 is 39.5 Å². The van der Waals surface area contributed by atoms with Crippen LogP contribution in [0, 0.1) is 0 Å². The van der Waals surface area contributed by atoms with Crippen molar-refractivity contribution in [2.24, 2.45) is 0 Å². The van der Waals surface area contributed by atoms with Gasteiger partial charge in [0.2, 0.25) is 0 Å². The Kier molecular flexibility index (Phi) is 65.2. The number of aliphatic hydroxyl groups excluding tert-OH is 1. The molecule has 0 amide bonds. The number of hydrogen-bond donors (Lipinski definition) is 3. The number of esters is 4. The van der Waals surface area contributed by atoms with Crippen molar-refractivity contribution in [3.63, 3.8) is 0 Å². The number of carbonyl (C=O) groups excluding carboxylic acids is 4. The van der Waals surface area contributed by atoms with Crippen molar-refractivity contribution >= 4 is 39.5 Å². The third-order valence-corrected chi connectivity index (χ3v) is 18.8. The van der Waals surface area contributed by atoms with Crippen LogP contribution >= 0.6 is 15.6 Å². The van der Waals surface area contributed by atoms with Gasteiger partial charge in [0.25, 0.3) is 0 Å². The molecule has 0 aliphatic rings. The first-order chi connectivity index (χ1) is 44.2. The average molecular weight is 1340 g/mol. The van der Waals surface area contributed by atoms with Gasteiger partial charge in [-0.1, -0.05) is 329 Å². The van der Waals surface area contributed by atoms with Crippen molar-refractivity contribution in [3.05, 3.63) is 0 Å².